The molecule has 0 saturated heterocycles. The molecular weight excluding hydrogens is 311 g/mol. The van der Waals surface area contributed by atoms with E-state index in [0.29, 0.717) is 0 Å². The average molecular weight is 333 g/mol. The number of nitriles is 1. The SMILES string of the molecule is C[NH+](CC(=O)NC1CC1)CC(=O)N(CCC#N)c1ccccc1F. The minimum atomic E-state index is -0.507. The number of nitrogens with zero attached hydrogens (tertiary/aromatic N) is 2. The number of quaternary nitrogens is 1. The van der Waals surface area contributed by atoms with Gasteiger partial charge in [0.2, 0.25) is 0 Å². The summed E-state index contributed by atoms with van der Waals surface area (Å²) in [5.74, 6) is -0.905. The second-order valence-electron chi connectivity index (χ2n) is 6.06. The van der Waals surface area contributed by atoms with Crippen LogP contribution in [0.25, 0.3) is 0 Å². The fourth-order valence-corrected chi connectivity index (χ4v) is 2.41. The minimum absolute atomic E-state index is 0.0534. The number of amides is 2. The highest BCUT2D eigenvalue weighted by Gasteiger charge is 2.26. The van der Waals surface area contributed by atoms with Gasteiger partial charge in [-0.1, -0.05) is 12.1 Å². The van der Waals surface area contributed by atoms with Crippen molar-refractivity contribution in [3.8, 4) is 6.07 Å². The summed E-state index contributed by atoms with van der Waals surface area (Å²) in [7, 11) is 1.74. The van der Waals surface area contributed by atoms with E-state index in [1.54, 1.807) is 19.2 Å². The number of para-hydroxylation sites is 1. The van der Waals surface area contributed by atoms with Gasteiger partial charge in [-0.05, 0) is 25.0 Å². The normalized spacial score (nSPS) is 14.5. The van der Waals surface area contributed by atoms with Gasteiger partial charge in [0, 0.05) is 12.6 Å². The lowest BCUT2D eigenvalue weighted by atomic mass is 10.2. The lowest BCUT2D eigenvalue weighted by Crippen LogP contribution is -3.11. The zero-order valence-electron chi connectivity index (χ0n) is 13.7. The van der Waals surface area contributed by atoms with E-state index in [-0.39, 0.29) is 49.6 Å². The van der Waals surface area contributed by atoms with Crippen LogP contribution in [-0.4, -0.2) is 44.5 Å². The van der Waals surface area contributed by atoms with Crippen molar-refractivity contribution < 1.29 is 18.9 Å². The number of hydrogen-bond acceptors (Lipinski definition) is 3. The molecule has 0 bridgehead atoms. The molecule has 1 aliphatic rings. The number of benzene rings is 1. The van der Waals surface area contributed by atoms with Gasteiger partial charge in [0.15, 0.2) is 13.1 Å². The first-order valence-corrected chi connectivity index (χ1v) is 8.03. The maximum Gasteiger partial charge on any atom is 0.282 e. The van der Waals surface area contributed by atoms with Gasteiger partial charge < -0.3 is 15.1 Å². The molecule has 7 heteroatoms. The van der Waals surface area contributed by atoms with Crippen molar-refractivity contribution in [1.82, 2.24) is 5.32 Å². The van der Waals surface area contributed by atoms with Crippen LogP contribution >= 0.6 is 0 Å². The monoisotopic (exact) mass is 333 g/mol. The number of carbonyl (C=O) groups is 2. The summed E-state index contributed by atoms with van der Waals surface area (Å²) in [6.07, 6.45) is 2.14. The molecule has 24 heavy (non-hydrogen) atoms. The van der Waals surface area contributed by atoms with Gasteiger partial charge in [-0.25, -0.2) is 4.39 Å². The molecule has 1 saturated carbocycles. The van der Waals surface area contributed by atoms with Crippen molar-refractivity contribution in [2.24, 2.45) is 0 Å². The number of likely N-dealkylation sites (N-methyl/N-ethyl adjacent to an activating group) is 1. The number of hydrogen-bond donors (Lipinski definition) is 2. The van der Waals surface area contributed by atoms with E-state index in [1.165, 1.54) is 17.0 Å². The van der Waals surface area contributed by atoms with Crippen LogP contribution in [0.4, 0.5) is 10.1 Å². The molecule has 0 aliphatic heterocycles. The van der Waals surface area contributed by atoms with Gasteiger partial charge in [0.1, 0.15) is 5.82 Å². The third-order valence-electron chi connectivity index (χ3n) is 3.75. The number of halogens is 1. The van der Waals surface area contributed by atoms with E-state index in [0.717, 1.165) is 17.7 Å². The second-order valence-corrected chi connectivity index (χ2v) is 6.06. The van der Waals surface area contributed by atoms with E-state index in [9.17, 15) is 14.0 Å². The first-order valence-electron chi connectivity index (χ1n) is 8.03. The molecule has 2 rings (SSSR count). The Kier molecular flexibility index (Phi) is 6.27. The standard InChI is InChI=1S/C17H21FN4O2/c1-21(11-16(23)20-13-7-8-13)12-17(24)22(10-4-9-19)15-6-3-2-5-14(15)18/h2-3,5-6,13H,4,7-8,10-12H2,1H3,(H,20,23)/p+1. The van der Waals surface area contributed by atoms with Gasteiger partial charge in [-0.2, -0.15) is 5.26 Å². The van der Waals surface area contributed by atoms with E-state index < -0.39 is 5.82 Å². The topological polar surface area (TPSA) is 77.6 Å². The molecule has 6 nitrogen and oxygen atoms in total. The molecule has 1 aliphatic carbocycles. The van der Waals surface area contributed by atoms with Crippen molar-refractivity contribution in [2.75, 3.05) is 31.6 Å². The Hall–Kier alpha value is -2.46. The summed E-state index contributed by atoms with van der Waals surface area (Å²) in [6.45, 7) is 0.362. The van der Waals surface area contributed by atoms with Crippen LogP contribution in [0.2, 0.25) is 0 Å². The van der Waals surface area contributed by atoms with Crippen LogP contribution in [-0.2, 0) is 9.59 Å². The Labute approximate surface area is 140 Å². The Morgan fingerprint density at radius 2 is 2.08 bits per heavy atom. The van der Waals surface area contributed by atoms with E-state index in [2.05, 4.69) is 5.32 Å². The summed E-state index contributed by atoms with van der Waals surface area (Å²) in [5.41, 5.74) is 0.160. The molecule has 1 unspecified atom stereocenters. The first kappa shape index (κ1) is 17.9. The van der Waals surface area contributed by atoms with Crippen molar-refractivity contribution >= 4 is 17.5 Å². The molecule has 2 amide bonds. The molecule has 1 fully saturated rings. The minimum Gasteiger partial charge on any atom is -0.348 e. The van der Waals surface area contributed by atoms with Crippen molar-refractivity contribution in [3.63, 3.8) is 0 Å². The lowest BCUT2D eigenvalue weighted by molar-refractivity contribution is -0.862. The quantitative estimate of drug-likeness (QED) is 0.695. The second kappa shape index (κ2) is 8.41. The van der Waals surface area contributed by atoms with Crippen LogP contribution < -0.4 is 15.1 Å². The van der Waals surface area contributed by atoms with Gasteiger partial charge in [0.25, 0.3) is 11.8 Å². The van der Waals surface area contributed by atoms with Gasteiger partial charge in [-0.3, -0.25) is 9.59 Å². The predicted octanol–water partition coefficient (Wildman–Crippen LogP) is -0.134. The maximum atomic E-state index is 14.0. The Morgan fingerprint density at radius 3 is 2.71 bits per heavy atom. The van der Waals surface area contributed by atoms with Crippen molar-refractivity contribution in [2.45, 2.75) is 25.3 Å². The highest BCUT2D eigenvalue weighted by molar-refractivity contribution is 5.94. The molecule has 0 heterocycles. The fourth-order valence-electron chi connectivity index (χ4n) is 2.41. The highest BCUT2D eigenvalue weighted by atomic mass is 19.1. The van der Waals surface area contributed by atoms with Crippen LogP contribution in [0, 0.1) is 17.1 Å². The molecule has 128 valence electrons. The summed E-state index contributed by atoms with van der Waals surface area (Å²) in [5, 5.41) is 11.6. The fraction of sp³-hybridized carbons (Fsp3) is 0.471. The van der Waals surface area contributed by atoms with Crippen LogP contribution in [0.5, 0.6) is 0 Å². The summed E-state index contributed by atoms with van der Waals surface area (Å²) in [6, 6.07) is 8.24. The first-order chi connectivity index (χ1) is 11.5. The number of rotatable bonds is 8. The predicted molar refractivity (Wildman–Crippen MR) is 86.8 cm³/mol. The van der Waals surface area contributed by atoms with Crippen LogP contribution in [0.15, 0.2) is 24.3 Å². The Bertz CT molecular complexity index is 640. The smallest absolute Gasteiger partial charge is 0.282 e. The molecular formula is C17H22FN4O2+. The largest absolute Gasteiger partial charge is 0.348 e. The zero-order valence-corrected chi connectivity index (χ0v) is 13.7. The number of carbonyl (C=O) groups excluding carboxylic acids is 2. The molecule has 0 spiro atoms. The van der Waals surface area contributed by atoms with Crippen molar-refractivity contribution in [3.05, 3.63) is 30.1 Å². The molecule has 1 aromatic rings. The van der Waals surface area contributed by atoms with Gasteiger partial charge >= 0.3 is 0 Å². The zero-order chi connectivity index (χ0) is 17.5. The van der Waals surface area contributed by atoms with E-state index >= 15 is 0 Å². The number of nitrogens with one attached hydrogen (secondary N) is 2. The van der Waals surface area contributed by atoms with Gasteiger partial charge in [-0.15, -0.1) is 0 Å². The summed E-state index contributed by atoms with van der Waals surface area (Å²) in [4.78, 5) is 26.3. The van der Waals surface area contributed by atoms with Gasteiger partial charge in [0.05, 0.1) is 25.2 Å². The lowest BCUT2D eigenvalue weighted by Gasteiger charge is -2.23. The average Bonchev–Trinajstić information content (AvgIpc) is 3.32. The van der Waals surface area contributed by atoms with Crippen LogP contribution in [0.3, 0.4) is 0 Å². The molecule has 1 atom stereocenters. The third kappa shape index (κ3) is 5.32. The Morgan fingerprint density at radius 1 is 1.38 bits per heavy atom. The highest BCUT2D eigenvalue weighted by Crippen LogP contribution is 2.19. The third-order valence-corrected chi connectivity index (χ3v) is 3.75. The summed E-state index contributed by atoms with van der Waals surface area (Å²) < 4.78 is 14.0. The molecule has 1 aromatic carbocycles. The Balaban J connectivity index is 1.97. The summed E-state index contributed by atoms with van der Waals surface area (Å²) >= 11 is 0. The maximum absolute atomic E-state index is 14.0. The van der Waals surface area contributed by atoms with Crippen LogP contribution in [0.1, 0.15) is 19.3 Å². The molecule has 2 N–H and O–H groups in total. The number of anilines is 1. The van der Waals surface area contributed by atoms with E-state index in [4.69, 9.17) is 5.26 Å². The van der Waals surface area contributed by atoms with Crippen molar-refractivity contribution in [1.29, 1.82) is 5.26 Å². The van der Waals surface area contributed by atoms with E-state index in [1.807, 2.05) is 6.07 Å². The molecule has 0 aromatic heterocycles. The molecule has 0 radical (unpaired) electrons.